The molecule has 0 spiro atoms. The maximum Gasteiger partial charge on any atom is 0.338 e. The summed E-state index contributed by atoms with van der Waals surface area (Å²) in [5.41, 5.74) is 1.57. The first-order valence-corrected chi connectivity index (χ1v) is 10.5. The van der Waals surface area contributed by atoms with E-state index in [1.54, 1.807) is 56.4 Å². The summed E-state index contributed by atoms with van der Waals surface area (Å²) in [4.78, 5) is 42.7. The predicted octanol–water partition coefficient (Wildman–Crippen LogP) is 3.46. The SMILES string of the molecule is CCOC(=O)c1ccc(N=C2S[C@H](CC(=O)Nc3ccccc3OC)C(=O)N2C)cc1. The Kier molecular flexibility index (Phi) is 7.30. The zero-order valence-electron chi connectivity index (χ0n) is 17.5. The van der Waals surface area contributed by atoms with Crippen LogP contribution >= 0.6 is 11.8 Å². The third-order valence-electron chi connectivity index (χ3n) is 4.50. The topological polar surface area (TPSA) is 97.3 Å². The number of amidine groups is 1. The molecule has 1 aliphatic heterocycles. The number of carbonyl (C=O) groups is 3. The lowest BCUT2D eigenvalue weighted by Crippen LogP contribution is -2.30. The third-order valence-corrected chi connectivity index (χ3v) is 5.72. The summed E-state index contributed by atoms with van der Waals surface area (Å²) in [6.45, 7) is 2.05. The average molecular weight is 442 g/mol. The fourth-order valence-electron chi connectivity index (χ4n) is 2.91. The molecule has 1 N–H and O–H groups in total. The molecule has 1 atom stereocenters. The van der Waals surface area contributed by atoms with Crippen molar-refractivity contribution in [1.29, 1.82) is 0 Å². The van der Waals surface area contributed by atoms with Gasteiger partial charge in [-0.15, -0.1) is 0 Å². The van der Waals surface area contributed by atoms with Gasteiger partial charge in [-0.3, -0.25) is 14.5 Å². The van der Waals surface area contributed by atoms with Gasteiger partial charge in [0.15, 0.2) is 5.17 Å². The normalized spacial score (nSPS) is 17.0. The average Bonchev–Trinajstić information content (AvgIpc) is 3.02. The van der Waals surface area contributed by atoms with Crippen LogP contribution in [0, 0.1) is 0 Å². The number of thioether (sulfide) groups is 1. The van der Waals surface area contributed by atoms with E-state index in [-0.39, 0.29) is 18.2 Å². The largest absolute Gasteiger partial charge is 0.495 e. The maximum atomic E-state index is 12.6. The van der Waals surface area contributed by atoms with Crippen LogP contribution in [0.5, 0.6) is 5.75 Å². The Balaban J connectivity index is 1.66. The number of nitrogens with one attached hydrogen (secondary N) is 1. The molecule has 8 nitrogen and oxygen atoms in total. The Hall–Kier alpha value is -3.33. The summed E-state index contributed by atoms with van der Waals surface area (Å²) >= 11 is 1.23. The van der Waals surface area contributed by atoms with Crippen molar-refractivity contribution in [2.45, 2.75) is 18.6 Å². The van der Waals surface area contributed by atoms with Crippen molar-refractivity contribution in [1.82, 2.24) is 4.90 Å². The van der Waals surface area contributed by atoms with E-state index in [4.69, 9.17) is 9.47 Å². The van der Waals surface area contributed by atoms with E-state index in [0.717, 1.165) is 0 Å². The lowest BCUT2D eigenvalue weighted by atomic mass is 10.2. The number of hydrogen-bond acceptors (Lipinski definition) is 7. The molecule has 3 rings (SSSR count). The molecule has 1 heterocycles. The van der Waals surface area contributed by atoms with Crippen LogP contribution in [0.15, 0.2) is 53.5 Å². The molecule has 2 aromatic carbocycles. The standard InChI is InChI=1S/C22H23N3O5S/c1-4-30-21(28)14-9-11-15(12-10-14)23-22-25(2)20(27)18(31-22)13-19(26)24-16-7-5-6-8-17(16)29-3/h5-12,18H,4,13H2,1-3H3,(H,24,26)/t18-/m1/s1. The Bertz CT molecular complexity index is 1010. The number of amides is 2. The van der Waals surface area contributed by atoms with Crippen molar-refractivity contribution in [3.05, 3.63) is 54.1 Å². The van der Waals surface area contributed by atoms with E-state index in [2.05, 4.69) is 10.3 Å². The second kappa shape index (κ2) is 10.1. The number of esters is 1. The van der Waals surface area contributed by atoms with E-state index >= 15 is 0 Å². The van der Waals surface area contributed by atoms with Crippen LogP contribution in [0.4, 0.5) is 11.4 Å². The number of para-hydroxylation sites is 2. The fraction of sp³-hybridized carbons (Fsp3) is 0.273. The number of rotatable bonds is 7. The minimum Gasteiger partial charge on any atom is -0.495 e. The second-order valence-electron chi connectivity index (χ2n) is 6.62. The van der Waals surface area contributed by atoms with Gasteiger partial charge in [-0.05, 0) is 43.3 Å². The Morgan fingerprint density at radius 1 is 1.16 bits per heavy atom. The number of aliphatic imine (C=N–C) groups is 1. The van der Waals surface area contributed by atoms with Gasteiger partial charge in [-0.2, -0.15) is 0 Å². The molecular formula is C22H23N3O5S. The van der Waals surface area contributed by atoms with E-state index < -0.39 is 11.2 Å². The van der Waals surface area contributed by atoms with Crippen molar-refractivity contribution < 1.29 is 23.9 Å². The van der Waals surface area contributed by atoms with Crippen molar-refractivity contribution >= 4 is 46.1 Å². The molecule has 0 aromatic heterocycles. The van der Waals surface area contributed by atoms with Crippen LogP contribution in [0.2, 0.25) is 0 Å². The molecule has 1 saturated heterocycles. The molecule has 0 saturated carbocycles. The van der Waals surface area contributed by atoms with Gasteiger partial charge in [0, 0.05) is 13.5 Å². The van der Waals surface area contributed by atoms with Crippen LogP contribution < -0.4 is 10.1 Å². The van der Waals surface area contributed by atoms with E-state index in [1.165, 1.54) is 23.8 Å². The fourth-order valence-corrected chi connectivity index (χ4v) is 4.07. The van der Waals surface area contributed by atoms with Gasteiger partial charge in [0.2, 0.25) is 11.8 Å². The van der Waals surface area contributed by atoms with Crippen molar-refractivity contribution in [3.63, 3.8) is 0 Å². The van der Waals surface area contributed by atoms with Gasteiger partial charge in [-0.1, -0.05) is 23.9 Å². The summed E-state index contributed by atoms with van der Waals surface area (Å²) in [5, 5.41) is 2.70. The highest BCUT2D eigenvalue weighted by molar-refractivity contribution is 8.15. The summed E-state index contributed by atoms with van der Waals surface area (Å²) < 4.78 is 10.2. The molecule has 1 aliphatic rings. The van der Waals surface area contributed by atoms with E-state index in [0.29, 0.717) is 34.5 Å². The molecule has 0 aliphatic carbocycles. The summed E-state index contributed by atoms with van der Waals surface area (Å²) in [6.07, 6.45) is 0.00665. The first kappa shape index (κ1) is 22.4. The zero-order chi connectivity index (χ0) is 22.4. The molecule has 162 valence electrons. The van der Waals surface area contributed by atoms with Gasteiger partial charge in [0.25, 0.3) is 0 Å². The highest BCUT2D eigenvalue weighted by Crippen LogP contribution is 2.31. The number of ether oxygens (including phenoxy) is 2. The van der Waals surface area contributed by atoms with Gasteiger partial charge in [0.1, 0.15) is 11.0 Å². The van der Waals surface area contributed by atoms with Crippen LogP contribution in [0.25, 0.3) is 0 Å². The summed E-state index contributed by atoms with van der Waals surface area (Å²) in [6, 6.07) is 13.7. The smallest absolute Gasteiger partial charge is 0.338 e. The van der Waals surface area contributed by atoms with E-state index in [9.17, 15) is 14.4 Å². The minimum atomic E-state index is -0.572. The number of benzene rings is 2. The molecule has 1 fully saturated rings. The maximum absolute atomic E-state index is 12.6. The highest BCUT2D eigenvalue weighted by Gasteiger charge is 2.37. The minimum absolute atomic E-state index is 0.00665. The summed E-state index contributed by atoms with van der Waals surface area (Å²) in [7, 11) is 3.15. The number of nitrogens with zero attached hydrogens (tertiary/aromatic N) is 2. The van der Waals surface area contributed by atoms with Crippen LogP contribution in [0.3, 0.4) is 0 Å². The van der Waals surface area contributed by atoms with Crippen LogP contribution in [-0.4, -0.2) is 53.9 Å². The lowest BCUT2D eigenvalue weighted by Gasteiger charge is -2.11. The third kappa shape index (κ3) is 5.43. The number of carbonyl (C=O) groups excluding carboxylic acids is 3. The van der Waals surface area contributed by atoms with Crippen molar-refractivity contribution in [3.8, 4) is 5.75 Å². The number of hydrogen-bond donors (Lipinski definition) is 1. The van der Waals surface area contributed by atoms with Crippen LogP contribution in [0.1, 0.15) is 23.7 Å². The molecular weight excluding hydrogens is 418 g/mol. The Morgan fingerprint density at radius 2 is 1.87 bits per heavy atom. The first-order valence-electron chi connectivity index (χ1n) is 9.66. The molecule has 0 radical (unpaired) electrons. The highest BCUT2D eigenvalue weighted by atomic mass is 32.2. The molecule has 2 amide bonds. The number of methoxy groups -OCH3 is 1. The molecule has 9 heteroatoms. The van der Waals surface area contributed by atoms with Crippen LogP contribution in [-0.2, 0) is 14.3 Å². The molecule has 31 heavy (non-hydrogen) atoms. The predicted molar refractivity (Wildman–Crippen MR) is 120 cm³/mol. The molecule has 0 bridgehead atoms. The van der Waals surface area contributed by atoms with Crippen molar-refractivity contribution in [2.75, 3.05) is 26.1 Å². The molecule has 0 unspecified atom stereocenters. The van der Waals surface area contributed by atoms with E-state index in [1.807, 2.05) is 6.07 Å². The first-order chi connectivity index (χ1) is 14.9. The van der Waals surface area contributed by atoms with Gasteiger partial charge < -0.3 is 14.8 Å². The van der Waals surface area contributed by atoms with Gasteiger partial charge >= 0.3 is 5.97 Å². The van der Waals surface area contributed by atoms with Crippen molar-refractivity contribution in [2.24, 2.45) is 4.99 Å². The number of anilines is 1. The monoisotopic (exact) mass is 441 g/mol. The quantitative estimate of drug-likeness (QED) is 0.661. The summed E-state index contributed by atoms with van der Waals surface area (Å²) in [5.74, 6) is -0.330. The van der Waals surface area contributed by atoms with Gasteiger partial charge in [-0.25, -0.2) is 9.79 Å². The second-order valence-corrected chi connectivity index (χ2v) is 7.79. The zero-order valence-corrected chi connectivity index (χ0v) is 18.3. The lowest BCUT2D eigenvalue weighted by molar-refractivity contribution is -0.127. The Morgan fingerprint density at radius 3 is 2.55 bits per heavy atom. The van der Waals surface area contributed by atoms with Gasteiger partial charge in [0.05, 0.1) is 30.7 Å². The molecule has 2 aromatic rings. The Labute approximate surface area is 184 Å².